The Kier molecular flexibility index (Phi) is 6.92. The van der Waals surface area contributed by atoms with Gasteiger partial charge in [-0.15, -0.1) is 0 Å². The Hall–Kier alpha value is -1.71. The molecule has 9 heteroatoms. The van der Waals surface area contributed by atoms with Crippen LogP contribution in [0.3, 0.4) is 0 Å². The molecule has 0 saturated carbocycles. The Labute approximate surface area is 206 Å². The summed E-state index contributed by atoms with van der Waals surface area (Å²) in [5.74, 6) is 1.35. The number of nitrogens with zero attached hydrogens (tertiary/aromatic N) is 7. The van der Waals surface area contributed by atoms with Gasteiger partial charge in [-0.1, -0.05) is 0 Å². The van der Waals surface area contributed by atoms with Gasteiger partial charge in [0.05, 0.1) is 0 Å². The van der Waals surface area contributed by atoms with E-state index in [1.807, 2.05) is 0 Å². The average Bonchev–Trinajstić information content (AvgIpc) is 2.73. The van der Waals surface area contributed by atoms with Gasteiger partial charge in [0.15, 0.2) is 0 Å². The first-order valence-corrected chi connectivity index (χ1v) is 12.5. The van der Waals surface area contributed by atoms with Crippen LogP contribution in [-0.4, -0.2) is 92.4 Å². The highest BCUT2D eigenvalue weighted by molar-refractivity contribution is 5.45. The normalized spacial score (nSPS) is 25.2. The van der Waals surface area contributed by atoms with Crippen molar-refractivity contribution in [3.8, 4) is 0 Å². The van der Waals surface area contributed by atoms with Gasteiger partial charge in [-0.3, -0.25) is 15.0 Å². The molecule has 0 unspecified atom stereocenters. The SMILES string of the molecule is CN(c1nc(NO)nc(N(C)C2CC(C)(C)N(C)C(C)(C)C2)n1)C1CC(C)(C)N(C)C(C)(C)C1. The minimum Gasteiger partial charge on any atom is -0.341 e. The molecule has 2 N–H and O–H groups in total. The Balaban J connectivity index is 1.92. The average molecular weight is 477 g/mol. The topological polar surface area (TPSA) is 83.9 Å². The van der Waals surface area contributed by atoms with E-state index in [4.69, 9.17) is 4.98 Å². The van der Waals surface area contributed by atoms with E-state index in [2.05, 4.69) is 119 Å². The van der Waals surface area contributed by atoms with Crippen molar-refractivity contribution in [1.29, 1.82) is 0 Å². The van der Waals surface area contributed by atoms with Crippen molar-refractivity contribution in [2.45, 2.75) is 115 Å². The fourth-order valence-corrected chi connectivity index (χ4v) is 6.23. The lowest BCUT2D eigenvalue weighted by Gasteiger charge is -2.55. The first kappa shape index (κ1) is 26.9. The van der Waals surface area contributed by atoms with Gasteiger partial charge in [0, 0.05) is 48.3 Å². The molecule has 0 atom stereocenters. The number of rotatable bonds is 5. The second kappa shape index (κ2) is 8.75. The van der Waals surface area contributed by atoms with Gasteiger partial charge >= 0.3 is 0 Å². The molecule has 0 spiro atoms. The molecule has 0 radical (unpaired) electrons. The van der Waals surface area contributed by atoms with Gasteiger partial charge in [-0.2, -0.15) is 15.0 Å². The summed E-state index contributed by atoms with van der Waals surface area (Å²) in [5.41, 5.74) is 2.38. The zero-order valence-corrected chi connectivity index (χ0v) is 23.6. The summed E-state index contributed by atoms with van der Waals surface area (Å²) in [6.45, 7) is 18.4. The van der Waals surface area contributed by atoms with E-state index in [9.17, 15) is 5.21 Å². The highest BCUT2D eigenvalue weighted by Gasteiger charge is 2.46. The molecule has 194 valence electrons. The summed E-state index contributed by atoms with van der Waals surface area (Å²) in [6, 6.07) is 0.545. The van der Waals surface area contributed by atoms with E-state index in [0.717, 1.165) is 25.7 Å². The number of hydrogen-bond donors (Lipinski definition) is 2. The van der Waals surface area contributed by atoms with Crippen LogP contribution in [0.1, 0.15) is 81.1 Å². The van der Waals surface area contributed by atoms with Gasteiger partial charge in [-0.25, -0.2) is 5.48 Å². The Morgan fingerprint density at radius 2 is 0.971 bits per heavy atom. The maximum atomic E-state index is 9.72. The molecule has 3 heterocycles. The van der Waals surface area contributed by atoms with Gasteiger partial charge in [0.25, 0.3) is 5.95 Å². The second-order valence-electron chi connectivity index (χ2n) is 13.1. The van der Waals surface area contributed by atoms with Crippen LogP contribution >= 0.6 is 0 Å². The summed E-state index contributed by atoms with van der Waals surface area (Å²) >= 11 is 0. The highest BCUT2D eigenvalue weighted by Crippen LogP contribution is 2.41. The molecule has 3 rings (SSSR count). The number of hydrogen-bond acceptors (Lipinski definition) is 9. The van der Waals surface area contributed by atoms with E-state index in [1.165, 1.54) is 0 Å². The molecule has 2 fully saturated rings. The van der Waals surface area contributed by atoms with Gasteiger partial charge < -0.3 is 9.80 Å². The standard InChI is InChI=1S/C25H48N8O/c1-22(2)13-17(14-23(3,4)32(22)11)30(9)20-26-19(29-34)27-21(28-20)31(10)18-15-24(5,6)33(12)25(7,8)16-18/h17-18,34H,13-16H2,1-12H3,(H,26,27,28,29). The molecule has 0 aromatic carbocycles. The third-order valence-corrected chi connectivity index (χ3v) is 9.01. The predicted octanol–water partition coefficient (Wildman–Crippen LogP) is 3.85. The summed E-state index contributed by atoms with van der Waals surface area (Å²) in [4.78, 5) is 23.3. The van der Waals surface area contributed by atoms with E-state index in [1.54, 1.807) is 0 Å². The number of anilines is 3. The monoisotopic (exact) mass is 476 g/mol. The van der Waals surface area contributed by atoms with Crippen molar-refractivity contribution in [3.05, 3.63) is 0 Å². The lowest BCUT2D eigenvalue weighted by Crippen LogP contribution is -2.62. The van der Waals surface area contributed by atoms with Crippen LogP contribution in [0.5, 0.6) is 0 Å². The summed E-state index contributed by atoms with van der Waals surface area (Å²) in [5, 5.41) is 9.72. The molecular weight excluding hydrogens is 428 g/mol. The zero-order chi connectivity index (χ0) is 25.9. The smallest absolute Gasteiger partial charge is 0.253 e. The number of aromatic nitrogens is 3. The van der Waals surface area contributed by atoms with Crippen LogP contribution in [0.15, 0.2) is 0 Å². The lowest BCUT2D eigenvalue weighted by molar-refractivity contribution is -0.0121. The molecule has 1 aromatic rings. The van der Waals surface area contributed by atoms with Crippen molar-refractivity contribution in [2.75, 3.05) is 43.5 Å². The maximum Gasteiger partial charge on any atom is 0.253 e. The second-order valence-corrected chi connectivity index (χ2v) is 13.1. The fraction of sp³-hybridized carbons (Fsp3) is 0.880. The third kappa shape index (κ3) is 4.97. The summed E-state index contributed by atoms with van der Waals surface area (Å²) in [7, 11) is 8.55. The Morgan fingerprint density at radius 1 is 0.676 bits per heavy atom. The highest BCUT2D eigenvalue weighted by atomic mass is 16.5. The maximum absolute atomic E-state index is 9.72. The molecule has 0 bridgehead atoms. The summed E-state index contributed by atoms with van der Waals surface area (Å²) in [6.07, 6.45) is 4.00. The van der Waals surface area contributed by atoms with Crippen LogP contribution < -0.4 is 15.3 Å². The fourth-order valence-electron chi connectivity index (χ4n) is 6.23. The molecule has 2 aliphatic rings. The summed E-state index contributed by atoms with van der Waals surface area (Å²) < 4.78 is 0. The Morgan fingerprint density at radius 3 is 1.24 bits per heavy atom. The minimum atomic E-state index is 0.0523. The number of nitrogens with one attached hydrogen (secondary N) is 1. The molecule has 2 aliphatic heterocycles. The van der Waals surface area contributed by atoms with Crippen LogP contribution in [0, 0.1) is 0 Å². The van der Waals surface area contributed by atoms with Crippen molar-refractivity contribution in [3.63, 3.8) is 0 Å². The van der Waals surface area contributed by atoms with Gasteiger partial charge in [-0.05, 0) is 95.2 Å². The van der Waals surface area contributed by atoms with Crippen molar-refractivity contribution in [2.24, 2.45) is 0 Å². The molecular formula is C25H48N8O. The quantitative estimate of drug-likeness (QED) is 0.616. The third-order valence-electron chi connectivity index (χ3n) is 9.01. The minimum absolute atomic E-state index is 0.0523. The first-order valence-electron chi connectivity index (χ1n) is 12.5. The first-order chi connectivity index (χ1) is 15.4. The van der Waals surface area contributed by atoms with Crippen molar-refractivity contribution in [1.82, 2.24) is 24.8 Å². The van der Waals surface area contributed by atoms with Crippen molar-refractivity contribution >= 4 is 17.8 Å². The molecule has 2 saturated heterocycles. The predicted molar refractivity (Wildman–Crippen MR) is 140 cm³/mol. The number of piperidine rings is 2. The van der Waals surface area contributed by atoms with Gasteiger partial charge in [0.2, 0.25) is 11.9 Å². The van der Waals surface area contributed by atoms with Crippen LogP contribution in [0.25, 0.3) is 0 Å². The van der Waals surface area contributed by atoms with Crippen molar-refractivity contribution < 1.29 is 5.21 Å². The molecule has 0 amide bonds. The molecule has 34 heavy (non-hydrogen) atoms. The molecule has 9 nitrogen and oxygen atoms in total. The van der Waals surface area contributed by atoms with Crippen LogP contribution in [-0.2, 0) is 0 Å². The number of likely N-dealkylation sites (tertiary alicyclic amines) is 2. The Bertz CT molecular complexity index is 781. The van der Waals surface area contributed by atoms with E-state index >= 15 is 0 Å². The largest absolute Gasteiger partial charge is 0.341 e. The molecule has 1 aromatic heterocycles. The van der Waals surface area contributed by atoms with E-state index < -0.39 is 0 Å². The van der Waals surface area contributed by atoms with Gasteiger partial charge in [0.1, 0.15) is 0 Å². The lowest BCUT2D eigenvalue weighted by atomic mass is 9.77. The van der Waals surface area contributed by atoms with E-state index in [0.29, 0.717) is 11.9 Å². The molecule has 0 aliphatic carbocycles. The van der Waals surface area contributed by atoms with E-state index in [-0.39, 0.29) is 40.2 Å². The van der Waals surface area contributed by atoms with Crippen LogP contribution in [0.2, 0.25) is 0 Å². The zero-order valence-electron chi connectivity index (χ0n) is 23.6. The van der Waals surface area contributed by atoms with Crippen LogP contribution in [0.4, 0.5) is 17.8 Å².